The number of carbonyl (C=O) groups is 7. The molecule has 5 amide bonds. The fourth-order valence-electron chi connectivity index (χ4n) is 12.3. The number of ether oxygens (including phenoxy) is 2. The summed E-state index contributed by atoms with van der Waals surface area (Å²) in [6.45, 7) is 26.3. The summed E-state index contributed by atoms with van der Waals surface area (Å²) >= 11 is 0. The van der Waals surface area contributed by atoms with Crippen LogP contribution in [-0.2, 0) is 50.7 Å². The van der Waals surface area contributed by atoms with Crippen molar-refractivity contribution in [2.75, 3.05) is 27.2 Å². The van der Waals surface area contributed by atoms with Gasteiger partial charge in [0.25, 0.3) is 0 Å². The molecule has 16 heteroatoms. The van der Waals surface area contributed by atoms with Gasteiger partial charge in [0.2, 0.25) is 23.6 Å². The van der Waals surface area contributed by atoms with E-state index in [-0.39, 0.29) is 37.1 Å². The van der Waals surface area contributed by atoms with Crippen molar-refractivity contribution < 1.29 is 48.1 Å². The second-order valence-corrected chi connectivity index (χ2v) is 29.6. The van der Waals surface area contributed by atoms with Crippen molar-refractivity contribution in [3.63, 3.8) is 0 Å². The summed E-state index contributed by atoms with van der Waals surface area (Å²) in [4.78, 5) is 98.4. The molecule has 514 valence electrons. The largest absolute Gasteiger partial charge is 0.481 e. The van der Waals surface area contributed by atoms with Gasteiger partial charge in [-0.05, 0) is 90.2 Å². The van der Waals surface area contributed by atoms with Gasteiger partial charge in [-0.2, -0.15) is 0 Å². The number of nitrogens with zero attached hydrogens (tertiary/aromatic N) is 3. The van der Waals surface area contributed by atoms with Crippen LogP contribution in [0.4, 0.5) is 4.79 Å². The van der Waals surface area contributed by atoms with E-state index < -0.39 is 75.9 Å². The molecule has 0 aliphatic heterocycles. The molecule has 2 aromatic rings. The summed E-state index contributed by atoms with van der Waals surface area (Å²) in [6, 6.07) is 4.89. The Kier molecular flexibility index (Phi) is 37.0. The molecule has 0 aliphatic carbocycles. The number of carbonyl (C=O) groups excluding carboxylic acids is 6. The molecule has 16 nitrogen and oxygen atoms in total. The van der Waals surface area contributed by atoms with Crippen LogP contribution in [0.3, 0.4) is 0 Å². The van der Waals surface area contributed by atoms with Gasteiger partial charge in [-0.25, -0.2) is 4.79 Å². The number of aliphatic carboxylic acids is 1. The van der Waals surface area contributed by atoms with Crippen LogP contribution < -0.4 is 16.0 Å². The first kappa shape index (κ1) is 80.7. The molecule has 0 spiro atoms. The molecule has 0 saturated carbocycles. The van der Waals surface area contributed by atoms with E-state index in [9.17, 15) is 33.9 Å². The number of unbranched alkanes of at least 4 members (excludes halogenated alkanes) is 22. The van der Waals surface area contributed by atoms with E-state index in [1.807, 2.05) is 90.5 Å². The minimum atomic E-state index is -1.31. The van der Waals surface area contributed by atoms with E-state index in [0.29, 0.717) is 37.8 Å². The monoisotopic (exact) mass is 1260 g/mol. The molecule has 0 radical (unpaired) electrons. The van der Waals surface area contributed by atoms with Crippen molar-refractivity contribution in [1.82, 2.24) is 30.3 Å². The Bertz CT molecular complexity index is 2500. The summed E-state index contributed by atoms with van der Waals surface area (Å²) in [6.07, 6.45) is 35.5. The van der Waals surface area contributed by atoms with E-state index in [0.717, 1.165) is 35.7 Å². The number of para-hydroxylation sites is 1. The van der Waals surface area contributed by atoms with Gasteiger partial charge in [0, 0.05) is 68.7 Å². The normalized spacial score (nSPS) is 13.8. The number of nitrogens with one attached hydrogen (secondary N) is 3. The van der Waals surface area contributed by atoms with Crippen LogP contribution in [-0.4, -0.2) is 118 Å². The number of likely N-dealkylation sites (N-methyl/N-ethyl adjacent to an activating group) is 2. The van der Waals surface area contributed by atoms with Crippen molar-refractivity contribution in [1.29, 1.82) is 0 Å². The predicted octanol–water partition coefficient (Wildman–Crippen LogP) is 16.2. The molecular formula is C74H128N6O10. The number of benzene rings is 1. The molecule has 0 aliphatic rings. The van der Waals surface area contributed by atoms with Crippen molar-refractivity contribution in [2.24, 2.45) is 24.3 Å². The second kappa shape index (κ2) is 41.2. The Morgan fingerprint density at radius 1 is 0.633 bits per heavy atom. The van der Waals surface area contributed by atoms with Crippen LogP contribution in [0.15, 0.2) is 42.1 Å². The number of esters is 1. The van der Waals surface area contributed by atoms with Crippen LogP contribution in [0.2, 0.25) is 0 Å². The Morgan fingerprint density at radius 3 is 1.59 bits per heavy atom. The van der Waals surface area contributed by atoms with Gasteiger partial charge in [0.1, 0.15) is 23.3 Å². The number of aryl methyl sites for hydroxylation is 1. The average Bonchev–Trinajstić information content (AvgIpc) is 1.52. The molecule has 0 fully saturated rings. The third kappa shape index (κ3) is 30.8. The summed E-state index contributed by atoms with van der Waals surface area (Å²) in [7, 11) is 5.05. The molecule has 90 heavy (non-hydrogen) atoms. The number of carboxylic acid groups (broad SMARTS) is 1. The standard InChI is InChI=1S/C74H128N6O10/c1-18-19-20-21-22-23-24-25-26-27-28-29-30-31-32-33-34-35-36-37-38-39-40-45-57(69(86)87)46-43-50-75-62(81)49-44-51-76-66(83)56(4)52-61(55(2)3)79(16)68(85)64(71(5,6)7)77-67(84)65(74(13,14)59-54-78(15)60-48-42-41-47-58(59)60)80(17)70(88)90-73(11,12)53-63(82)89-72(8,9)10/h41-42,47-48,52,54-55,57,61,64-65H,18-40,43-46,49-51,53H2,1-17H3,(H,75,81)(H,76,83)(H,77,84)(H,86,87). The minimum Gasteiger partial charge on any atom is -0.481 e. The number of hydrogen-bond donors (Lipinski definition) is 4. The Morgan fingerprint density at radius 2 is 1.11 bits per heavy atom. The zero-order chi connectivity index (χ0) is 67.7. The van der Waals surface area contributed by atoms with Crippen LogP contribution in [0.1, 0.15) is 289 Å². The Balaban J connectivity index is 1.89. The lowest BCUT2D eigenvalue weighted by atomic mass is 9.76. The Labute approximate surface area is 545 Å². The smallest absolute Gasteiger partial charge is 0.410 e. The maximum absolute atomic E-state index is 15.2. The number of hydrogen-bond acceptors (Lipinski definition) is 9. The molecular weight excluding hydrogens is 1130 g/mol. The molecule has 0 saturated heterocycles. The Hall–Kier alpha value is -5.41. The fourth-order valence-corrected chi connectivity index (χ4v) is 12.3. The van der Waals surface area contributed by atoms with Crippen molar-refractivity contribution >= 4 is 52.6 Å². The summed E-state index contributed by atoms with van der Waals surface area (Å²) in [5.41, 5.74) is -1.88. The molecule has 4 unspecified atom stereocenters. The lowest BCUT2D eigenvalue weighted by molar-refractivity contribution is -0.159. The predicted molar refractivity (Wildman–Crippen MR) is 367 cm³/mol. The first-order valence-electron chi connectivity index (χ1n) is 35.0. The highest BCUT2D eigenvalue weighted by Crippen LogP contribution is 2.38. The summed E-state index contributed by atoms with van der Waals surface area (Å²) in [5.74, 6) is -3.39. The zero-order valence-corrected chi connectivity index (χ0v) is 59.7. The molecule has 1 heterocycles. The molecule has 4 atom stereocenters. The van der Waals surface area contributed by atoms with Crippen LogP contribution >= 0.6 is 0 Å². The highest BCUT2D eigenvalue weighted by atomic mass is 16.6. The van der Waals surface area contributed by atoms with Crippen LogP contribution in [0.5, 0.6) is 0 Å². The lowest BCUT2D eigenvalue weighted by Gasteiger charge is -2.42. The van der Waals surface area contributed by atoms with Gasteiger partial charge in [0.15, 0.2) is 0 Å². The number of amides is 5. The highest BCUT2D eigenvalue weighted by molar-refractivity contribution is 5.95. The SMILES string of the molecule is CCCCCCCCCCCCCCCCCCCCCCCCCC(CCCNC(=O)CCCNC(=O)C(C)=CC(C(C)C)N(C)C(=O)C(NC(=O)C(N(C)C(=O)OC(C)(C)CC(=O)OC(C)(C)C)C(C)(C)c1cn(C)c2ccccc12)C(C)(C)C)C(=O)O. The van der Waals surface area contributed by atoms with Gasteiger partial charge >= 0.3 is 18.0 Å². The van der Waals surface area contributed by atoms with Gasteiger partial charge in [0.05, 0.1) is 18.4 Å². The van der Waals surface area contributed by atoms with E-state index in [1.54, 1.807) is 59.6 Å². The highest BCUT2D eigenvalue weighted by Gasteiger charge is 2.47. The number of rotatable bonds is 46. The van der Waals surface area contributed by atoms with E-state index >= 15 is 4.79 Å². The molecule has 4 N–H and O–H groups in total. The van der Waals surface area contributed by atoms with Gasteiger partial charge < -0.3 is 40.0 Å². The summed E-state index contributed by atoms with van der Waals surface area (Å²) in [5, 5.41) is 19.7. The molecule has 1 aromatic carbocycles. The minimum absolute atomic E-state index is 0.154. The molecule has 2 rings (SSSR count). The van der Waals surface area contributed by atoms with Gasteiger partial charge in [-0.15, -0.1) is 0 Å². The topological polar surface area (TPSA) is 206 Å². The number of aromatic nitrogens is 1. The summed E-state index contributed by atoms with van der Waals surface area (Å²) < 4.78 is 13.5. The van der Waals surface area contributed by atoms with Gasteiger partial charge in [-0.1, -0.05) is 227 Å². The zero-order valence-electron chi connectivity index (χ0n) is 59.7. The average molecular weight is 1260 g/mol. The lowest BCUT2D eigenvalue weighted by Crippen LogP contribution is -2.63. The molecule has 0 bridgehead atoms. The maximum Gasteiger partial charge on any atom is 0.410 e. The van der Waals surface area contributed by atoms with Crippen molar-refractivity contribution in [2.45, 2.75) is 318 Å². The van der Waals surface area contributed by atoms with Gasteiger partial charge in [-0.3, -0.25) is 33.7 Å². The van der Waals surface area contributed by atoms with E-state index in [1.165, 1.54) is 140 Å². The quantitative estimate of drug-likeness (QED) is 0.0280. The third-order valence-corrected chi connectivity index (χ3v) is 17.6. The van der Waals surface area contributed by atoms with Crippen molar-refractivity contribution in [3.8, 4) is 0 Å². The first-order valence-corrected chi connectivity index (χ1v) is 35.0. The second-order valence-electron chi connectivity index (χ2n) is 29.6. The van der Waals surface area contributed by atoms with E-state index in [2.05, 4.69) is 22.9 Å². The van der Waals surface area contributed by atoms with Crippen molar-refractivity contribution in [3.05, 3.63) is 47.7 Å². The third-order valence-electron chi connectivity index (χ3n) is 17.6. The fraction of sp³-hybridized carbons (Fsp3) is 0.770. The van der Waals surface area contributed by atoms with Crippen LogP contribution in [0.25, 0.3) is 10.9 Å². The van der Waals surface area contributed by atoms with Crippen LogP contribution in [0, 0.1) is 17.3 Å². The number of fused-ring (bicyclic) bond motifs is 1. The number of carboxylic acids is 1. The first-order chi connectivity index (χ1) is 42.2. The maximum atomic E-state index is 15.2. The molecule has 1 aromatic heterocycles. The van der Waals surface area contributed by atoms with E-state index in [4.69, 9.17) is 9.47 Å².